The van der Waals surface area contributed by atoms with Gasteiger partial charge in [0.25, 0.3) is 0 Å². The minimum absolute atomic E-state index is 0.308. The van der Waals surface area contributed by atoms with Crippen molar-refractivity contribution in [3.05, 3.63) is 53.7 Å². The van der Waals surface area contributed by atoms with Gasteiger partial charge in [-0.25, -0.2) is 4.79 Å². The number of methoxy groups -OCH3 is 2. The quantitative estimate of drug-likeness (QED) is 0.656. The molecule has 0 aliphatic rings. The fraction of sp³-hybridized carbons (Fsp3) is 0.250. The fourth-order valence-electron chi connectivity index (χ4n) is 3.18. The number of aromatic nitrogens is 1. The molecule has 0 atom stereocenters. The number of hydrogen-bond acceptors (Lipinski definition) is 4. The third-order valence-corrected chi connectivity index (χ3v) is 4.21. The number of ether oxygens (including phenoxy) is 3. The Labute approximate surface area is 146 Å². The Bertz CT molecular complexity index is 913. The van der Waals surface area contributed by atoms with Crippen molar-refractivity contribution in [3.8, 4) is 17.2 Å². The van der Waals surface area contributed by atoms with Crippen molar-refractivity contribution in [3.63, 3.8) is 0 Å². The lowest BCUT2D eigenvalue weighted by Crippen LogP contribution is -2.07. The minimum atomic E-state index is -0.369. The summed E-state index contributed by atoms with van der Waals surface area (Å²) in [6.07, 6.45) is 0. The van der Waals surface area contributed by atoms with Crippen molar-refractivity contribution in [2.24, 2.45) is 0 Å². The average Bonchev–Trinajstić information content (AvgIpc) is 2.93. The predicted octanol–water partition coefficient (Wildman–Crippen LogP) is 4.13. The summed E-state index contributed by atoms with van der Waals surface area (Å²) in [4.78, 5) is 12.7. The molecule has 5 nitrogen and oxygen atoms in total. The van der Waals surface area contributed by atoms with Gasteiger partial charge >= 0.3 is 5.97 Å². The van der Waals surface area contributed by atoms with Crippen LogP contribution >= 0.6 is 0 Å². The van der Waals surface area contributed by atoms with Gasteiger partial charge in [-0.3, -0.25) is 0 Å². The van der Waals surface area contributed by atoms with Crippen LogP contribution in [-0.4, -0.2) is 31.4 Å². The second-order valence-corrected chi connectivity index (χ2v) is 5.55. The molecule has 0 N–H and O–H groups in total. The molecule has 0 bridgehead atoms. The van der Waals surface area contributed by atoms with E-state index in [0.29, 0.717) is 29.1 Å². The molecular weight excluding hydrogens is 318 g/mol. The van der Waals surface area contributed by atoms with Crippen LogP contribution in [0.3, 0.4) is 0 Å². The molecule has 1 heterocycles. The maximum atomic E-state index is 12.7. The van der Waals surface area contributed by atoms with E-state index >= 15 is 0 Å². The molecule has 0 saturated carbocycles. The van der Waals surface area contributed by atoms with Gasteiger partial charge in [0.05, 0.1) is 37.3 Å². The number of fused-ring (bicyclic) bond motifs is 1. The lowest BCUT2D eigenvalue weighted by molar-refractivity contribution is 0.0527. The normalized spacial score (nSPS) is 10.7. The highest BCUT2D eigenvalue weighted by Crippen LogP contribution is 2.41. The van der Waals surface area contributed by atoms with Gasteiger partial charge in [-0.1, -0.05) is 18.2 Å². The highest BCUT2D eigenvalue weighted by atomic mass is 16.5. The minimum Gasteiger partial charge on any atom is -0.493 e. The number of benzene rings is 2. The van der Waals surface area contributed by atoms with E-state index in [0.717, 1.165) is 16.9 Å². The van der Waals surface area contributed by atoms with Gasteiger partial charge in [0.2, 0.25) is 0 Å². The molecule has 25 heavy (non-hydrogen) atoms. The molecule has 0 saturated heterocycles. The molecule has 2 aromatic carbocycles. The largest absolute Gasteiger partial charge is 0.493 e. The number of para-hydroxylation sites is 1. The molecular formula is C20H21NO4. The topological polar surface area (TPSA) is 49.7 Å². The monoisotopic (exact) mass is 339 g/mol. The third kappa shape index (κ3) is 2.71. The first kappa shape index (κ1) is 16.9. The van der Waals surface area contributed by atoms with E-state index in [1.54, 1.807) is 21.1 Å². The van der Waals surface area contributed by atoms with Crippen LogP contribution in [0.15, 0.2) is 42.5 Å². The van der Waals surface area contributed by atoms with E-state index < -0.39 is 0 Å². The summed E-state index contributed by atoms with van der Waals surface area (Å²) in [5.41, 5.74) is 3.12. The van der Waals surface area contributed by atoms with Crippen molar-refractivity contribution in [2.45, 2.75) is 13.8 Å². The van der Waals surface area contributed by atoms with Gasteiger partial charge in [-0.05, 0) is 38.1 Å². The molecule has 3 aromatic rings. The molecule has 0 amide bonds. The van der Waals surface area contributed by atoms with Crippen LogP contribution in [0.5, 0.6) is 11.5 Å². The number of carbonyl (C=O) groups excluding carboxylic acids is 1. The second-order valence-electron chi connectivity index (χ2n) is 5.55. The Kier molecular flexibility index (Phi) is 4.65. The first-order valence-electron chi connectivity index (χ1n) is 8.12. The summed E-state index contributed by atoms with van der Waals surface area (Å²) < 4.78 is 18.3. The third-order valence-electron chi connectivity index (χ3n) is 4.21. The summed E-state index contributed by atoms with van der Waals surface area (Å²) in [6, 6.07) is 13.7. The van der Waals surface area contributed by atoms with Crippen LogP contribution in [0.4, 0.5) is 0 Å². The molecule has 0 aliphatic heterocycles. The SMILES string of the molecule is CCOC(=O)c1c(C)n(-c2ccccc2)c2ccc(OC)c(OC)c12. The van der Waals surface area contributed by atoms with Crippen LogP contribution in [-0.2, 0) is 4.74 Å². The maximum Gasteiger partial charge on any atom is 0.340 e. The Morgan fingerprint density at radius 1 is 1.04 bits per heavy atom. The standard InChI is InChI=1S/C20H21NO4/c1-5-25-20(22)17-13(2)21(14-9-7-6-8-10-14)15-11-12-16(23-3)19(24-4)18(15)17/h6-12H,5H2,1-4H3. The zero-order valence-corrected chi connectivity index (χ0v) is 14.8. The smallest absolute Gasteiger partial charge is 0.340 e. The van der Waals surface area contributed by atoms with Crippen molar-refractivity contribution in [1.82, 2.24) is 4.57 Å². The number of nitrogens with zero attached hydrogens (tertiary/aromatic N) is 1. The Balaban J connectivity index is 2.43. The van der Waals surface area contributed by atoms with Gasteiger partial charge in [-0.2, -0.15) is 0 Å². The Morgan fingerprint density at radius 2 is 1.76 bits per heavy atom. The van der Waals surface area contributed by atoms with E-state index in [4.69, 9.17) is 14.2 Å². The van der Waals surface area contributed by atoms with Crippen molar-refractivity contribution in [2.75, 3.05) is 20.8 Å². The van der Waals surface area contributed by atoms with Gasteiger partial charge in [-0.15, -0.1) is 0 Å². The molecule has 0 unspecified atom stereocenters. The van der Waals surface area contributed by atoms with Gasteiger partial charge in [0.1, 0.15) is 0 Å². The van der Waals surface area contributed by atoms with E-state index in [1.165, 1.54) is 0 Å². The number of rotatable bonds is 5. The van der Waals surface area contributed by atoms with Gasteiger partial charge < -0.3 is 18.8 Å². The van der Waals surface area contributed by atoms with Crippen molar-refractivity contribution in [1.29, 1.82) is 0 Å². The molecule has 0 aliphatic carbocycles. The zero-order valence-electron chi connectivity index (χ0n) is 14.8. The summed E-state index contributed by atoms with van der Waals surface area (Å²) in [6.45, 7) is 4.01. The van der Waals surface area contributed by atoms with Crippen LogP contribution in [0.25, 0.3) is 16.6 Å². The molecule has 0 spiro atoms. The molecule has 3 rings (SSSR count). The zero-order chi connectivity index (χ0) is 18.0. The van der Waals surface area contributed by atoms with Crippen LogP contribution < -0.4 is 9.47 Å². The molecule has 1 aromatic heterocycles. The van der Waals surface area contributed by atoms with Crippen LogP contribution in [0.1, 0.15) is 23.0 Å². The first-order chi connectivity index (χ1) is 12.1. The number of carbonyl (C=O) groups is 1. The van der Waals surface area contributed by atoms with E-state index in [9.17, 15) is 4.79 Å². The van der Waals surface area contributed by atoms with Gasteiger partial charge in [0, 0.05) is 11.4 Å². The van der Waals surface area contributed by atoms with Crippen LogP contribution in [0, 0.1) is 6.92 Å². The average molecular weight is 339 g/mol. The molecule has 5 heteroatoms. The second kappa shape index (κ2) is 6.89. The predicted molar refractivity (Wildman–Crippen MR) is 97.1 cm³/mol. The maximum absolute atomic E-state index is 12.7. The van der Waals surface area contributed by atoms with E-state index in [2.05, 4.69) is 0 Å². The summed E-state index contributed by atoms with van der Waals surface area (Å²) in [7, 11) is 3.15. The van der Waals surface area contributed by atoms with Crippen molar-refractivity contribution >= 4 is 16.9 Å². The Hall–Kier alpha value is -2.95. The lowest BCUT2D eigenvalue weighted by Gasteiger charge is -2.11. The fourth-order valence-corrected chi connectivity index (χ4v) is 3.18. The molecule has 130 valence electrons. The van der Waals surface area contributed by atoms with E-state index in [1.807, 2.05) is 54.0 Å². The lowest BCUT2D eigenvalue weighted by atomic mass is 10.1. The van der Waals surface area contributed by atoms with Gasteiger partial charge in [0.15, 0.2) is 11.5 Å². The molecule has 0 fully saturated rings. The number of hydrogen-bond donors (Lipinski definition) is 0. The summed E-state index contributed by atoms with van der Waals surface area (Å²) in [5, 5.41) is 0.696. The summed E-state index contributed by atoms with van der Waals surface area (Å²) >= 11 is 0. The van der Waals surface area contributed by atoms with E-state index in [-0.39, 0.29) is 5.97 Å². The van der Waals surface area contributed by atoms with Crippen LogP contribution in [0.2, 0.25) is 0 Å². The van der Waals surface area contributed by atoms with Crippen molar-refractivity contribution < 1.29 is 19.0 Å². The first-order valence-corrected chi connectivity index (χ1v) is 8.12. The highest BCUT2D eigenvalue weighted by Gasteiger charge is 2.26. The highest BCUT2D eigenvalue weighted by molar-refractivity contribution is 6.09. The number of esters is 1. The Morgan fingerprint density at radius 3 is 2.36 bits per heavy atom. The molecule has 0 radical (unpaired) electrons. The summed E-state index contributed by atoms with van der Waals surface area (Å²) in [5.74, 6) is 0.734.